The van der Waals surface area contributed by atoms with Crippen LogP contribution in [0.4, 0.5) is 5.82 Å². The second-order valence-electron chi connectivity index (χ2n) is 8.24. The number of nitrogens with zero attached hydrogens (tertiary/aromatic N) is 2. The lowest BCUT2D eigenvalue weighted by Gasteiger charge is -2.37. The summed E-state index contributed by atoms with van der Waals surface area (Å²) in [6, 6.07) is 0. The Morgan fingerprint density at radius 2 is 1.90 bits per heavy atom. The zero-order valence-electron chi connectivity index (χ0n) is 17.8. The van der Waals surface area contributed by atoms with Crippen molar-refractivity contribution in [1.82, 2.24) is 9.55 Å². The van der Waals surface area contributed by atoms with Crippen molar-refractivity contribution < 1.29 is 34.0 Å². The van der Waals surface area contributed by atoms with Gasteiger partial charge < -0.3 is 35.2 Å². The molecule has 0 amide bonds. The quantitative estimate of drug-likeness (QED) is 0.354. The Bertz CT molecular complexity index is 875. The number of nitrogens with two attached hydrogens (primary N) is 1. The van der Waals surface area contributed by atoms with Crippen LogP contribution in [0.15, 0.2) is 11.0 Å². The van der Waals surface area contributed by atoms with Crippen LogP contribution in [0, 0.1) is 6.92 Å². The van der Waals surface area contributed by atoms with Crippen LogP contribution in [-0.2, 0) is 13.8 Å². The number of aliphatic hydroxyl groups is 3. The molecule has 12 heteroatoms. The summed E-state index contributed by atoms with van der Waals surface area (Å²) in [6.07, 6.45) is -3.50. The number of ether oxygens (including phenoxy) is 1. The van der Waals surface area contributed by atoms with E-state index in [0.717, 1.165) is 4.57 Å². The van der Waals surface area contributed by atoms with Crippen molar-refractivity contribution >= 4 is 13.4 Å². The average molecular weight is 449 g/mol. The fourth-order valence-corrected chi connectivity index (χ4v) is 4.55. The molecule has 6 N–H and O–H groups in total. The Balaban J connectivity index is 2.27. The average Bonchev–Trinajstić information content (AvgIpc) is 2.92. The summed E-state index contributed by atoms with van der Waals surface area (Å²) in [6.45, 7) is 7.67. The molecule has 2 heterocycles. The van der Waals surface area contributed by atoms with E-state index in [1.54, 1.807) is 27.7 Å². The SMILES string of the molecule is CCC(C)(C[C@H]1O[C@@H](n2cc(C)c(N)nc2=O)[C@H](O)[C@@H]1O)OP(=O)(O)[C@@](C)(O)CC. The van der Waals surface area contributed by atoms with Crippen molar-refractivity contribution in [3.05, 3.63) is 22.2 Å². The van der Waals surface area contributed by atoms with Crippen LogP contribution in [-0.4, -0.2) is 59.0 Å². The monoisotopic (exact) mass is 449 g/mol. The highest BCUT2D eigenvalue weighted by atomic mass is 31.2. The Morgan fingerprint density at radius 3 is 2.43 bits per heavy atom. The summed E-state index contributed by atoms with van der Waals surface area (Å²) in [5.41, 5.74) is 4.11. The first-order chi connectivity index (χ1) is 13.7. The molecule has 1 fully saturated rings. The van der Waals surface area contributed by atoms with Gasteiger partial charge >= 0.3 is 13.3 Å². The van der Waals surface area contributed by atoms with Gasteiger partial charge in [-0.05, 0) is 33.6 Å². The van der Waals surface area contributed by atoms with Gasteiger partial charge in [0.2, 0.25) is 0 Å². The van der Waals surface area contributed by atoms with Gasteiger partial charge in [-0.1, -0.05) is 13.8 Å². The van der Waals surface area contributed by atoms with E-state index in [1.807, 2.05) is 0 Å². The van der Waals surface area contributed by atoms with E-state index in [9.17, 15) is 29.6 Å². The van der Waals surface area contributed by atoms with Gasteiger partial charge in [0.25, 0.3) is 0 Å². The molecule has 1 aliphatic heterocycles. The van der Waals surface area contributed by atoms with E-state index >= 15 is 0 Å². The molecule has 0 aromatic carbocycles. The minimum absolute atomic E-state index is 0.00365. The maximum absolute atomic E-state index is 12.6. The molecule has 30 heavy (non-hydrogen) atoms. The normalized spacial score (nSPS) is 30.4. The van der Waals surface area contributed by atoms with E-state index in [1.165, 1.54) is 13.1 Å². The molecule has 0 radical (unpaired) electrons. The van der Waals surface area contributed by atoms with Crippen LogP contribution in [0.25, 0.3) is 0 Å². The molecule has 11 nitrogen and oxygen atoms in total. The van der Waals surface area contributed by atoms with Gasteiger partial charge in [-0.25, -0.2) is 4.79 Å². The zero-order chi connectivity index (χ0) is 23.1. The molecular weight excluding hydrogens is 417 g/mol. The van der Waals surface area contributed by atoms with Crippen molar-refractivity contribution in [3.8, 4) is 0 Å². The van der Waals surface area contributed by atoms with Gasteiger partial charge in [0.05, 0.1) is 11.7 Å². The Hall–Kier alpha value is -1.33. The highest BCUT2D eigenvalue weighted by Crippen LogP contribution is 2.59. The van der Waals surface area contributed by atoms with E-state index in [4.69, 9.17) is 15.0 Å². The number of hydrogen-bond acceptors (Lipinski definition) is 9. The first kappa shape index (κ1) is 24.9. The largest absolute Gasteiger partial charge is 0.388 e. The molecule has 1 aromatic heterocycles. The number of nitrogen functional groups attached to an aromatic ring is 1. The second-order valence-corrected chi connectivity index (χ2v) is 10.4. The van der Waals surface area contributed by atoms with Gasteiger partial charge in [0.15, 0.2) is 11.6 Å². The van der Waals surface area contributed by atoms with Gasteiger partial charge in [0, 0.05) is 18.2 Å². The molecule has 1 saturated heterocycles. The minimum Gasteiger partial charge on any atom is -0.388 e. The molecule has 2 unspecified atom stereocenters. The molecular formula is C18H32N3O8P. The van der Waals surface area contributed by atoms with E-state index in [2.05, 4.69) is 4.98 Å². The predicted octanol–water partition coefficient (Wildman–Crippen LogP) is 0.632. The van der Waals surface area contributed by atoms with E-state index < -0.39 is 48.8 Å². The summed E-state index contributed by atoms with van der Waals surface area (Å²) in [5, 5.41) is 29.2. The third-order valence-electron chi connectivity index (χ3n) is 5.79. The third kappa shape index (κ3) is 4.77. The molecule has 1 aromatic rings. The van der Waals surface area contributed by atoms with Crippen LogP contribution in [0.2, 0.25) is 0 Å². The lowest BCUT2D eigenvalue weighted by Crippen LogP contribution is -2.40. The van der Waals surface area contributed by atoms with Crippen molar-refractivity contribution in [2.75, 3.05) is 5.73 Å². The highest BCUT2D eigenvalue weighted by Gasteiger charge is 2.50. The summed E-state index contributed by atoms with van der Waals surface area (Å²) < 4.78 is 24.9. The fraction of sp³-hybridized carbons (Fsp3) is 0.778. The van der Waals surface area contributed by atoms with Crippen LogP contribution < -0.4 is 11.4 Å². The Labute approximate surface area is 175 Å². The Morgan fingerprint density at radius 1 is 1.30 bits per heavy atom. The first-order valence-electron chi connectivity index (χ1n) is 9.81. The molecule has 0 bridgehead atoms. The summed E-state index contributed by atoms with van der Waals surface area (Å²) in [4.78, 5) is 26.1. The number of hydrogen-bond donors (Lipinski definition) is 5. The van der Waals surface area contributed by atoms with Crippen molar-refractivity contribution in [2.45, 2.75) is 89.4 Å². The predicted molar refractivity (Wildman–Crippen MR) is 109 cm³/mol. The zero-order valence-corrected chi connectivity index (χ0v) is 18.7. The Kier molecular flexibility index (Phi) is 7.20. The number of aryl methyl sites for hydroxylation is 1. The van der Waals surface area contributed by atoms with Gasteiger partial charge in [-0.3, -0.25) is 9.13 Å². The van der Waals surface area contributed by atoms with Crippen molar-refractivity contribution in [3.63, 3.8) is 0 Å². The number of aliphatic hydroxyl groups excluding tert-OH is 2. The molecule has 2 rings (SSSR count). The van der Waals surface area contributed by atoms with Crippen LogP contribution in [0.3, 0.4) is 0 Å². The van der Waals surface area contributed by atoms with Crippen LogP contribution in [0.1, 0.15) is 58.7 Å². The van der Waals surface area contributed by atoms with Crippen molar-refractivity contribution in [1.29, 1.82) is 0 Å². The number of aromatic nitrogens is 2. The minimum atomic E-state index is -4.44. The highest BCUT2D eigenvalue weighted by molar-refractivity contribution is 7.54. The third-order valence-corrected chi connectivity index (χ3v) is 8.01. The molecule has 172 valence electrons. The van der Waals surface area contributed by atoms with Crippen molar-refractivity contribution in [2.24, 2.45) is 0 Å². The number of anilines is 1. The summed E-state index contributed by atoms with van der Waals surface area (Å²) in [7, 11) is -4.44. The second kappa shape index (κ2) is 8.66. The van der Waals surface area contributed by atoms with Gasteiger partial charge in [-0.2, -0.15) is 4.98 Å². The molecule has 1 aliphatic rings. The standard InChI is InChI=1S/C18H32N3O8P/c1-6-17(4,29-30(26,27)18(5,25)7-2)8-11-12(22)13(23)15(28-11)21-9-10(3)14(19)20-16(21)24/h9,11-13,15,22-23,25H,6-8H2,1-5H3,(H,26,27)(H2,19,20,24)/t11-,12-,13-,15-,17?,18-/m1/s1. The fourth-order valence-electron chi connectivity index (χ4n) is 3.16. The van der Waals surface area contributed by atoms with Gasteiger partial charge in [-0.15, -0.1) is 0 Å². The lowest BCUT2D eigenvalue weighted by molar-refractivity contribution is -0.0714. The molecule has 0 aliphatic carbocycles. The maximum atomic E-state index is 12.6. The molecule has 7 atom stereocenters. The summed E-state index contributed by atoms with van der Waals surface area (Å²) in [5.74, 6) is 0.0504. The maximum Gasteiger partial charge on any atom is 0.359 e. The summed E-state index contributed by atoms with van der Waals surface area (Å²) >= 11 is 0. The molecule has 0 saturated carbocycles. The van der Waals surface area contributed by atoms with E-state index in [-0.39, 0.29) is 25.1 Å². The van der Waals surface area contributed by atoms with Crippen LogP contribution >= 0.6 is 7.60 Å². The molecule has 0 spiro atoms. The first-order valence-corrected chi connectivity index (χ1v) is 11.4. The smallest absolute Gasteiger partial charge is 0.359 e. The number of rotatable bonds is 8. The van der Waals surface area contributed by atoms with Crippen LogP contribution in [0.5, 0.6) is 0 Å². The lowest BCUT2D eigenvalue weighted by atomic mass is 9.93. The van der Waals surface area contributed by atoms with E-state index in [0.29, 0.717) is 5.56 Å². The van der Waals surface area contributed by atoms with Gasteiger partial charge in [0.1, 0.15) is 18.0 Å². The topological polar surface area (TPSA) is 177 Å².